The van der Waals surface area contributed by atoms with Gasteiger partial charge in [-0.15, -0.1) is 11.3 Å². The number of ketones is 1. The van der Waals surface area contributed by atoms with Crippen LogP contribution >= 0.6 is 11.3 Å². The molecule has 3 heteroatoms. The third-order valence-corrected chi connectivity index (χ3v) is 6.37. The van der Waals surface area contributed by atoms with Gasteiger partial charge in [-0.1, -0.05) is 13.8 Å². The molecule has 0 saturated heterocycles. The summed E-state index contributed by atoms with van der Waals surface area (Å²) in [5.41, 5.74) is 5.41. The number of aryl methyl sites for hydroxylation is 3. The van der Waals surface area contributed by atoms with Crippen LogP contribution in [0.15, 0.2) is 18.2 Å². The number of phenols is 1. The monoisotopic (exact) mass is 354 g/mol. The fourth-order valence-corrected chi connectivity index (χ4v) is 4.80. The summed E-state index contributed by atoms with van der Waals surface area (Å²) in [7, 11) is 0. The van der Waals surface area contributed by atoms with E-state index in [0.29, 0.717) is 11.0 Å². The predicted octanol–water partition coefficient (Wildman–Crippen LogP) is 5.79. The number of carbonyl (C=O) groups is 1. The van der Waals surface area contributed by atoms with Crippen LogP contribution in [0, 0.1) is 26.2 Å². The Morgan fingerprint density at radius 2 is 1.80 bits per heavy atom. The number of hydrogen-bond acceptors (Lipinski definition) is 3. The van der Waals surface area contributed by atoms with Crippen LogP contribution in [0.1, 0.15) is 62.6 Å². The molecule has 25 heavy (non-hydrogen) atoms. The van der Waals surface area contributed by atoms with E-state index in [9.17, 15) is 9.90 Å². The molecular weight excluding hydrogens is 328 g/mol. The Balaban J connectivity index is 1.87. The number of phenolic OH excluding ortho intramolecular Hbond substituents is 1. The highest BCUT2D eigenvalue weighted by Crippen LogP contribution is 2.41. The number of fused-ring (bicyclic) bond motifs is 1. The van der Waals surface area contributed by atoms with E-state index < -0.39 is 0 Å². The maximum atomic E-state index is 12.5. The number of hydrogen-bond donors (Lipinski definition) is 1. The van der Waals surface area contributed by atoms with Crippen LogP contribution in [0.3, 0.4) is 0 Å². The quantitative estimate of drug-likeness (QED) is 0.559. The molecule has 0 spiro atoms. The van der Waals surface area contributed by atoms with Gasteiger partial charge >= 0.3 is 0 Å². The van der Waals surface area contributed by atoms with Crippen molar-refractivity contribution in [2.75, 3.05) is 0 Å². The zero-order valence-corrected chi connectivity index (χ0v) is 16.5. The molecule has 0 atom stereocenters. The van der Waals surface area contributed by atoms with Gasteiger partial charge in [0.05, 0.1) is 0 Å². The molecule has 132 valence electrons. The minimum Gasteiger partial charge on any atom is -0.507 e. The molecule has 0 radical (unpaired) electrons. The van der Waals surface area contributed by atoms with Crippen LogP contribution in [-0.2, 0) is 12.8 Å². The van der Waals surface area contributed by atoms with Crippen LogP contribution in [0.5, 0.6) is 5.75 Å². The second-order valence-electron chi connectivity index (χ2n) is 7.98. The molecule has 1 N–H and O–H groups in total. The van der Waals surface area contributed by atoms with Crippen molar-refractivity contribution < 1.29 is 9.90 Å². The summed E-state index contributed by atoms with van der Waals surface area (Å²) < 4.78 is 0. The Kier molecular flexibility index (Phi) is 4.63. The zero-order chi connectivity index (χ0) is 18.4. The van der Waals surface area contributed by atoms with Crippen molar-refractivity contribution in [3.05, 3.63) is 55.8 Å². The first-order valence-corrected chi connectivity index (χ1v) is 9.63. The zero-order valence-electron chi connectivity index (χ0n) is 15.7. The minimum absolute atomic E-state index is 0.0119. The van der Waals surface area contributed by atoms with Gasteiger partial charge in [0, 0.05) is 15.3 Å². The van der Waals surface area contributed by atoms with Crippen molar-refractivity contribution in [1.29, 1.82) is 0 Å². The summed E-state index contributed by atoms with van der Waals surface area (Å²) in [4.78, 5) is 15.2. The lowest BCUT2D eigenvalue weighted by Crippen LogP contribution is -2.21. The first-order valence-electron chi connectivity index (χ1n) is 8.82. The lowest BCUT2D eigenvalue weighted by atomic mass is 9.74. The van der Waals surface area contributed by atoms with Crippen LogP contribution in [0.25, 0.3) is 6.08 Å². The molecule has 1 heterocycles. The molecule has 2 nitrogen and oxygen atoms in total. The molecule has 0 aliphatic heterocycles. The van der Waals surface area contributed by atoms with Crippen LogP contribution in [0.4, 0.5) is 0 Å². The highest BCUT2D eigenvalue weighted by Gasteiger charge is 2.28. The SMILES string of the molecule is Cc1cc(C(=O)C=Cc2sc(C)c3c2CCC(C)(C)C3)cc(C)c1O. The van der Waals surface area contributed by atoms with E-state index in [0.717, 1.165) is 24.0 Å². The third-order valence-electron chi connectivity index (χ3n) is 5.22. The van der Waals surface area contributed by atoms with E-state index >= 15 is 0 Å². The van der Waals surface area contributed by atoms with Crippen molar-refractivity contribution >= 4 is 23.2 Å². The number of allylic oxidation sites excluding steroid dienone is 1. The molecule has 1 aliphatic carbocycles. The van der Waals surface area contributed by atoms with Gasteiger partial charge in [0.2, 0.25) is 0 Å². The largest absolute Gasteiger partial charge is 0.507 e. The van der Waals surface area contributed by atoms with E-state index in [1.807, 2.05) is 19.9 Å². The van der Waals surface area contributed by atoms with Gasteiger partial charge in [-0.2, -0.15) is 0 Å². The first-order chi connectivity index (χ1) is 11.7. The predicted molar refractivity (Wildman–Crippen MR) is 106 cm³/mol. The number of thiophene rings is 1. The number of carbonyl (C=O) groups excluding carboxylic acids is 1. The van der Waals surface area contributed by atoms with Gasteiger partial charge in [0.15, 0.2) is 5.78 Å². The molecule has 1 aliphatic rings. The maximum Gasteiger partial charge on any atom is 0.185 e. The molecule has 0 fully saturated rings. The van der Waals surface area contributed by atoms with Gasteiger partial charge in [-0.05, 0) is 92.0 Å². The van der Waals surface area contributed by atoms with E-state index in [4.69, 9.17) is 0 Å². The molecule has 0 saturated carbocycles. The smallest absolute Gasteiger partial charge is 0.185 e. The van der Waals surface area contributed by atoms with Crippen molar-refractivity contribution in [2.45, 2.75) is 53.9 Å². The fraction of sp³-hybridized carbons (Fsp3) is 0.409. The summed E-state index contributed by atoms with van der Waals surface area (Å²) in [6.07, 6.45) is 7.08. The third kappa shape index (κ3) is 3.57. The number of rotatable bonds is 3. The number of aromatic hydroxyl groups is 1. The van der Waals surface area contributed by atoms with Crippen molar-refractivity contribution in [3.63, 3.8) is 0 Å². The Labute approximate surface area is 154 Å². The molecule has 0 amide bonds. The molecule has 1 aromatic carbocycles. The molecule has 2 aromatic rings. The van der Waals surface area contributed by atoms with Crippen molar-refractivity contribution in [1.82, 2.24) is 0 Å². The van der Waals surface area contributed by atoms with Gasteiger partial charge < -0.3 is 5.11 Å². The van der Waals surface area contributed by atoms with E-state index in [1.54, 1.807) is 29.5 Å². The van der Waals surface area contributed by atoms with E-state index in [-0.39, 0.29) is 11.5 Å². The highest BCUT2D eigenvalue weighted by atomic mass is 32.1. The minimum atomic E-state index is -0.0119. The summed E-state index contributed by atoms with van der Waals surface area (Å²) >= 11 is 1.80. The van der Waals surface area contributed by atoms with Crippen molar-refractivity contribution in [3.8, 4) is 5.75 Å². The lowest BCUT2D eigenvalue weighted by molar-refractivity contribution is 0.104. The Hall–Kier alpha value is -1.87. The van der Waals surface area contributed by atoms with Gasteiger partial charge in [0.25, 0.3) is 0 Å². The average molecular weight is 355 g/mol. The standard InChI is InChI=1S/C22H26O2S/c1-13-10-16(11-14(2)21(13)24)19(23)6-7-20-17-8-9-22(4,5)12-18(17)15(3)25-20/h6-7,10-11,24H,8-9,12H2,1-5H3. The van der Waals surface area contributed by atoms with Gasteiger partial charge in [-0.3, -0.25) is 4.79 Å². The molecular formula is C22H26O2S. The summed E-state index contributed by atoms with van der Waals surface area (Å²) in [6.45, 7) is 10.5. The maximum absolute atomic E-state index is 12.5. The topological polar surface area (TPSA) is 37.3 Å². The van der Waals surface area contributed by atoms with E-state index in [1.165, 1.54) is 27.3 Å². The first kappa shape index (κ1) is 17.9. The van der Waals surface area contributed by atoms with Gasteiger partial charge in [-0.25, -0.2) is 0 Å². The Bertz CT molecular complexity index is 845. The van der Waals surface area contributed by atoms with Gasteiger partial charge in [0.1, 0.15) is 5.75 Å². The lowest BCUT2D eigenvalue weighted by Gasteiger charge is -2.30. The normalized spacial score (nSPS) is 16.2. The summed E-state index contributed by atoms with van der Waals surface area (Å²) in [5.74, 6) is 0.258. The average Bonchev–Trinajstić information content (AvgIpc) is 2.84. The molecule has 3 rings (SSSR count). The second kappa shape index (κ2) is 6.45. The van der Waals surface area contributed by atoms with Crippen molar-refractivity contribution in [2.24, 2.45) is 5.41 Å². The molecule has 0 unspecified atom stereocenters. The fourth-order valence-electron chi connectivity index (χ4n) is 3.67. The van der Waals surface area contributed by atoms with E-state index in [2.05, 4.69) is 20.8 Å². The van der Waals surface area contributed by atoms with Crippen LogP contribution < -0.4 is 0 Å². The summed E-state index contributed by atoms with van der Waals surface area (Å²) in [5, 5.41) is 9.87. The van der Waals surface area contributed by atoms with Crippen LogP contribution in [-0.4, -0.2) is 10.9 Å². The number of benzene rings is 1. The second-order valence-corrected chi connectivity index (χ2v) is 9.23. The highest BCUT2D eigenvalue weighted by molar-refractivity contribution is 7.13. The Morgan fingerprint density at radius 1 is 1.16 bits per heavy atom. The van der Waals surface area contributed by atoms with Crippen LogP contribution in [0.2, 0.25) is 0 Å². The molecule has 0 bridgehead atoms. The summed E-state index contributed by atoms with van der Waals surface area (Å²) in [6, 6.07) is 3.51. The Morgan fingerprint density at radius 3 is 2.44 bits per heavy atom. The molecule has 1 aromatic heterocycles.